The van der Waals surface area contributed by atoms with E-state index in [9.17, 15) is 19.8 Å². The third-order valence-electron chi connectivity index (χ3n) is 9.62. The molecule has 0 aromatic heterocycles. The van der Waals surface area contributed by atoms with Crippen LogP contribution in [-0.2, 0) is 10.8 Å². The number of carbonyl (C=O) groups excluding carboxylic acids is 2. The van der Waals surface area contributed by atoms with E-state index in [1.165, 1.54) is 11.1 Å². The Labute approximate surface area is 270 Å². The lowest BCUT2D eigenvalue weighted by Gasteiger charge is -2.26. The molecule has 1 aliphatic carbocycles. The lowest BCUT2D eigenvalue weighted by Crippen LogP contribution is -2.36. The summed E-state index contributed by atoms with van der Waals surface area (Å²) < 4.78 is 4.11. The summed E-state index contributed by atoms with van der Waals surface area (Å²) in [5.74, 6) is -2.13. The van der Waals surface area contributed by atoms with E-state index in [0.29, 0.717) is 0 Å². The van der Waals surface area contributed by atoms with Gasteiger partial charge in [-0.05, 0) is 67.1 Å². The van der Waals surface area contributed by atoms with Gasteiger partial charge in [0.2, 0.25) is 5.69 Å². The molecule has 0 saturated carbocycles. The Kier molecular flexibility index (Phi) is 9.41. The van der Waals surface area contributed by atoms with Crippen LogP contribution in [0.25, 0.3) is 0 Å². The summed E-state index contributed by atoms with van der Waals surface area (Å²) >= 11 is 0. The van der Waals surface area contributed by atoms with E-state index in [0.717, 1.165) is 70.4 Å². The molecule has 2 aliphatic rings. The Balaban J connectivity index is 1.77. The summed E-state index contributed by atoms with van der Waals surface area (Å²) in [4.78, 5) is 23.5. The van der Waals surface area contributed by atoms with Crippen molar-refractivity contribution in [2.75, 3.05) is 61.9 Å². The largest absolute Gasteiger partial charge is 0.545 e. The first-order valence-electron chi connectivity index (χ1n) is 16.1. The molecule has 0 saturated heterocycles. The SMILES string of the molecule is CC1(C)C(/C=C/C=C2/C(CCC[N+](C)(C)C)c3ccc(C(=O)[O-])cc3C2(C)C)=[N+](CCC[N+](C)(C)C)c2ccc(C(=O)[O-])cc21. The second-order valence-electron chi connectivity index (χ2n) is 16.0. The molecular formula is C38H52N3O4+. The summed E-state index contributed by atoms with van der Waals surface area (Å²) in [5.41, 5.74) is 6.33. The van der Waals surface area contributed by atoms with Crippen molar-refractivity contribution in [1.82, 2.24) is 0 Å². The fourth-order valence-corrected chi connectivity index (χ4v) is 7.18. The van der Waals surface area contributed by atoms with Crippen molar-refractivity contribution in [3.8, 4) is 0 Å². The molecule has 2 aromatic rings. The molecule has 0 radical (unpaired) electrons. The van der Waals surface area contributed by atoms with Crippen molar-refractivity contribution in [3.05, 3.63) is 88.0 Å². The summed E-state index contributed by atoms with van der Waals surface area (Å²) in [7, 11) is 13.2. The zero-order valence-corrected chi connectivity index (χ0v) is 29.0. The molecule has 1 aliphatic heterocycles. The normalized spacial score (nSPS) is 19.8. The summed E-state index contributed by atoms with van der Waals surface area (Å²) in [6.07, 6.45) is 9.58. The third-order valence-corrected chi connectivity index (χ3v) is 9.62. The van der Waals surface area contributed by atoms with Crippen LogP contribution in [0, 0.1) is 0 Å². The Bertz CT molecular complexity index is 1580. The number of hydrogen-bond acceptors (Lipinski definition) is 4. The molecule has 0 fully saturated rings. The number of carbonyl (C=O) groups is 2. The minimum Gasteiger partial charge on any atom is -0.545 e. The van der Waals surface area contributed by atoms with E-state index in [4.69, 9.17) is 0 Å². The molecule has 242 valence electrons. The molecule has 0 bridgehead atoms. The van der Waals surface area contributed by atoms with Crippen LogP contribution in [0.4, 0.5) is 5.69 Å². The van der Waals surface area contributed by atoms with Crippen molar-refractivity contribution in [2.24, 2.45) is 0 Å². The first-order chi connectivity index (χ1) is 20.7. The summed E-state index contributed by atoms with van der Waals surface area (Å²) in [6, 6.07) is 10.8. The first-order valence-corrected chi connectivity index (χ1v) is 16.1. The summed E-state index contributed by atoms with van der Waals surface area (Å²) in [6.45, 7) is 11.6. The van der Waals surface area contributed by atoms with Crippen LogP contribution in [0.2, 0.25) is 0 Å². The molecular weight excluding hydrogens is 562 g/mol. The first kappa shape index (κ1) is 34.3. The van der Waals surface area contributed by atoms with Crippen LogP contribution in [0.15, 0.2) is 60.2 Å². The highest BCUT2D eigenvalue weighted by atomic mass is 16.4. The van der Waals surface area contributed by atoms with E-state index in [1.54, 1.807) is 24.3 Å². The monoisotopic (exact) mass is 614 g/mol. The van der Waals surface area contributed by atoms with E-state index in [1.807, 2.05) is 12.1 Å². The Hall–Kier alpha value is -3.55. The number of benzene rings is 2. The Morgan fingerprint density at radius 2 is 1.36 bits per heavy atom. The average Bonchev–Trinajstić information content (AvgIpc) is 3.25. The standard InChI is InChI=1S/C38H52N3O4/c1-37(2)30(28(14-12-22-40(5,6)7)29-19-17-26(35(42)43)24-31(29)37)15-11-16-34-38(3,4)32-25-27(36(44)45)18-20-33(32)39(34)21-13-23-41(8,9)10/h11,15-20,24-25,28H,12-14,21-23H2,1-10H3/q+1/b16-11+,30-15-. The zero-order valence-electron chi connectivity index (χ0n) is 29.0. The Morgan fingerprint density at radius 3 is 1.93 bits per heavy atom. The predicted molar refractivity (Wildman–Crippen MR) is 177 cm³/mol. The quantitative estimate of drug-likeness (QED) is 0.268. The van der Waals surface area contributed by atoms with Crippen LogP contribution in [0.1, 0.15) is 90.3 Å². The number of fused-ring (bicyclic) bond motifs is 2. The molecule has 7 nitrogen and oxygen atoms in total. The lowest BCUT2D eigenvalue weighted by atomic mass is 9.79. The number of hydrogen-bond donors (Lipinski definition) is 0. The maximum absolute atomic E-state index is 11.8. The molecule has 1 atom stereocenters. The zero-order chi connectivity index (χ0) is 33.5. The van der Waals surface area contributed by atoms with Gasteiger partial charge >= 0.3 is 0 Å². The van der Waals surface area contributed by atoms with E-state index < -0.39 is 17.4 Å². The van der Waals surface area contributed by atoms with Gasteiger partial charge in [0, 0.05) is 29.0 Å². The smallest absolute Gasteiger partial charge is 0.209 e. The van der Waals surface area contributed by atoms with Gasteiger partial charge in [-0.15, -0.1) is 0 Å². The van der Waals surface area contributed by atoms with Crippen molar-refractivity contribution >= 4 is 23.3 Å². The minimum absolute atomic E-state index is 0.187. The molecule has 0 spiro atoms. The fourth-order valence-electron chi connectivity index (χ4n) is 7.18. The number of aromatic carboxylic acids is 2. The number of carboxylic acids is 2. The van der Waals surface area contributed by atoms with E-state index in [-0.39, 0.29) is 22.5 Å². The molecule has 45 heavy (non-hydrogen) atoms. The van der Waals surface area contributed by atoms with Gasteiger partial charge in [-0.1, -0.05) is 43.7 Å². The van der Waals surface area contributed by atoms with Crippen LogP contribution < -0.4 is 10.2 Å². The topological polar surface area (TPSA) is 83.3 Å². The highest BCUT2D eigenvalue weighted by Gasteiger charge is 2.45. The van der Waals surface area contributed by atoms with Crippen molar-refractivity contribution in [1.29, 1.82) is 0 Å². The maximum Gasteiger partial charge on any atom is 0.209 e. The minimum atomic E-state index is -1.17. The second-order valence-corrected chi connectivity index (χ2v) is 16.0. The van der Waals surface area contributed by atoms with Crippen molar-refractivity contribution in [2.45, 2.75) is 63.7 Å². The number of rotatable bonds is 12. The van der Waals surface area contributed by atoms with Gasteiger partial charge in [-0.25, -0.2) is 0 Å². The molecule has 0 amide bonds. The fraction of sp³-hybridized carbons (Fsp3) is 0.500. The molecule has 1 unspecified atom stereocenters. The van der Waals surface area contributed by atoms with Crippen LogP contribution in [0.5, 0.6) is 0 Å². The molecule has 1 heterocycles. The molecule has 4 rings (SSSR count). The highest BCUT2D eigenvalue weighted by Crippen LogP contribution is 2.52. The number of allylic oxidation sites excluding steroid dienone is 4. The van der Waals surface area contributed by atoms with E-state index in [2.05, 4.69) is 92.8 Å². The van der Waals surface area contributed by atoms with Gasteiger partial charge in [-0.2, -0.15) is 4.58 Å². The highest BCUT2D eigenvalue weighted by molar-refractivity contribution is 6.03. The van der Waals surface area contributed by atoms with Gasteiger partial charge in [0.05, 0.1) is 79.1 Å². The number of nitrogens with zero attached hydrogens (tertiary/aromatic N) is 3. The maximum atomic E-state index is 11.8. The van der Waals surface area contributed by atoms with E-state index >= 15 is 0 Å². The van der Waals surface area contributed by atoms with Crippen LogP contribution in [0.3, 0.4) is 0 Å². The van der Waals surface area contributed by atoms with Gasteiger partial charge in [0.1, 0.15) is 0 Å². The summed E-state index contributed by atoms with van der Waals surface area (Å²) in [5, 5.41) is 23.5. The average molecular weight is 615 g/mol. The lowest BCUT2D eigenvalue weighted by molar-refractivity contribution is -0.871. The second kappa shape index (κ2) is 12.3. The molecule has 2 aromatic carbocycles. The number of quaternary nitrogens is 2. The van der Waals surface area contributed by atoms with Gasteiger partial charge in [-0.3, -0.25) is 0 Å². The predicted octanol–water partition coefficient (Wildman–Crippen LogP) is 3.93. The van der Waals surface area contributed by atoms with Crippen molar-refractivity contribution < 1.29 is 33.3 Å². The molecule has 7 heteroatoms. The van der Waals surface area contributed by atoms with Crippen molar-refractivity contribution in [3.63, 3.8) is 0 Å². The van der Waals surface area contributed by atoms with Gasteiger partial charge in [0.15, 0.2) is 12.3 Å². The number of carboxylic acid groups (broad SMARTS) is 2. The van der Waals surface area contributed by atoms with Crippen LogP contribution >= 0.6 is 0 Å². The van der Waals surface area contributed by atoms with Crippen LogP contribution in [-0.4, -0.2) is 93.1 Å². The Morgan fingerprint density at radius 1 is 0.800 bits per heavy atom. The molecule has 0 N–H and O–H groups in total. The van der Waals surface area contributed by atoms with Gasteiger partial charge in [0.25, 0.3) is 0 Å². The van der Waals surface area contributed by atoms with Gasteiger partial charge < -0.3 is 28.8 Å². The third kappa shape index (κ3) is 7.31.